The maximum absolute atomic E-state index is 11.8. The van der Waals surface area contributed by atoms with Crippen molar-refractivity contribution in [3.05, 3.63) is 56.7 Å². The van der Waals surface area contributed by atoms with Crippen molar-refractivity contribution in [2.24, 2.45) is 0 Å². The number of halogens is 1. The van der Waals surface area contributed by atoms with Gasteiger partial charge in [0.2, 0.25) is 0 Å². The van der Waals surface area contributed by atoms with Crippen molar-refractivity contribution in [2.45, 2.75) is 0 Å². The second kappa shape index (κ2) is 4.07. The Morgan fingerprint density at radius 2 is 2.07 bits per heavy atom. The van der Waals surface area contributed by atoms with Gasteiger partial charge in [0.25, 0.3) is 0 Å². The van der Waals surface area contributed by atoms with Crippen LogP contribution in [0.1, 0.15) is 15.9 Å². The highest BCUT2D eigenvalue weighted by Gasteiger charge is 2.08. The van der Waals surface area contributed by atoms with Gasteiger partial charge in [-0.15, -0.1) is 0 Å². The SMILES string of the molecule is O=C(c1ccsc1)c1cccc(Br)c1. The number of carbonyl (C=O) groups is 1. The summed E-state index contributed by atoms with van der Waals surface area (Å²) in [6, 6.07) is 9.27. The number of hydrogen-bond donors (Lipinski definition) is 0. The van der Waals surface area contributed by atoms with Gasteiger partial charge in [0.15, 0.2) is 5.78 Å². The zero-order chi connectivity index (χ0) is 9.97. The quantitative estimate of drug-likeness (QED) is 0.757. The molecular weight excluding hydrogens is 260 g/mol. The third-order valence-corrected chi connectivity index (χ3v) is 3.05. The summed E-state index contributed by atoms with van der Waals surface area (Å²) in [5, 5.41) is 3.77. The predicted molar refractivity (Wildman–Crippen MR) is 61.9 cm³/mol. The van der Waals surface area contributed by atoms with Crippen LogP contribution in [-0.4, -0.2) is 5.78 Å². The molecule has 70 valence electrons. The number of thiophene rings is 1. The van der Waals surface area contributed by atoms with E-state index in [4.69, 9.17) is 0 Å². The first kappa shape index (κ1) is 9.62. The summed E-state index contributed by atoms with van der Waals surface area (Å²) in [6.45, 7) is 0. The van der Waals surface area contributed by atoms with E-state index in [-0.39, 0.29) is 5.78 Å². The van der Waals surface area contributed by atoms with Gasteiger partial charge in [-0.05, 0) is 23.6 Å². The molecule has 0 unspecified atom stereocenters. The second-order valence-corrected chi connectivity index (χ2v) is 4.55. The molecule has 0 atom stereocenters. The van der Waals surface area contributed by atoms with E-state index in [0.717, 1.165) is 15.6 Å². The lowest BCUT2D eigenvalue weighted by molar-refractivity contribution is 0.103. The van der Waals surface area contributed by atoms with E-state index in [2.05, 4.69) is 15.9 Å². The fourth-order valence-electron chi connectivity index (χ4n) is 1.19. The highest BCUT2D eigenvalue weighted by atomic mass is 79.9. The standard InChI is InChI=1S/C11H7BrOS/c12-10-3-1-2-8(6-10)11(13)9-4-5-14-7-9/h1-7H. The molecule has 0 spiro atoms. The molecule has 0 radical (unpaired) electrons. The Morgan fingerprint density at radius 1 is 1.21 bits per heavy atom. The number of carbonyl (C=O) groups excluding carboxylic acids is 1. The fourth-order valence-corrected chi connectivity index (χ4v) is 2.23. The molecule has 0 bridgehead atoms. The van der Waals surface area contributed by atoms with Crippen molar-refractivity contribution >= 4 is 33.0 Å². The van der Waals surface area contributed by atoms with Crippen LogP contribution in [0.15, 0.2) is 45.6 Å². The molecule has 2 rings (SSSR count). The Bertz CT molecular complexity index is 448. The van der Waals surface area contributed by atoms with Crippen molar-refractivity contribution in [3.8, 4) is 0 Å². The number of rotatable bonds is 2. The summed E-state index contributed by atoms with van der Waals surface area (Å²) in [7, 11) is 0. The molecular formula is C11H7BrOS. The van der Waals surface area contributed by atoms with Crippen LogP contribution in [0.3, 0.4) is 0 Å². The Kier molecular flexibility index (Phi) is 2.79. The van der Waals surface area contributed by atoms with E-state index < -0.39 is 0 Å². The van der Waals surface area contributed by atoms with Crippen LogP contribution in [-0.2, 0) is 0 Å². The van der Waals surface area contributed by atoms with Crippen molar-refractivity contribution in [1.82, 2.24) is 0 Å². The summed E-state index contributed by atoms with van der Waals surface area (Å²) in [4.78, 5) is 11.8. The van der Waals surface area contributed by atoms with Gasteiger partial charge in [0.05, 0.1) is 0 Å². The minimum atomic E-state index is 0.0764. The summed E-state index contributed by atoms with van der Waals surface area (Å²) in [6.07, 6.45) is 0. The van der Waals surface area contributed by atoms with E-state index in [9.17, 15) is 4.79 Å². The highest BCUT2D eigenvalue weighted by molar-refractivity contribution is 9.10. The average Bonchev–Trinajstić information content (AvgIpc) is 2.69. The molecule has 1 aromatic carbocycles. The van der Waals surface area contributed by atoms with Crippen LogP contribution in [0.4, 0.5) is 0 Å². The topological polar surface area (TPSA) is 17.1 Å². The van der Waals surface area contributed by atoms with Crippen LogP contribution in [0.25, 0.3) is 0 Å². The molecule has 0 N–H and O–H groups in total. The molecule has 0 aliphatic rings. The molecule has 2 aromatic rings. The highest BCUT2D eigenvalue weighted by Crippen LogP contribution is 2.16. The van der Waals surface area contributed by atoms with Gasteiger partial charge in [-0.3, -0.25) is 4.79 Å². The largest absolute Gasteiger partial charge is 0.289 e. The smallest absolute Gasteiger partial charge is 0.193 e. The van der Waals surface area contributed by atoms with Crippen LogP contribution in [0, 0.1) is 0 Å². The van der Waals surface area contributed by atoms with E-state index in [1.165, 1.54) is 11.3 Å². The van der Waals surface area contributed by atoms with E-state index in [1.54, 1.807) is 0 Å². The summed E-state index contributed by atoms with van der Waals surface area (Å²) >= 11 is 4.88. The van der Waals surface area contributed by atoms with Crippen LogP contribution >= 0.6 is 27.3 Å². The first-order valence-electron chi connectivity index (χ1n) is 4.10. The summed E-state index contributed by atoms with van der Waals surface area (Å²) in [5.41, 5.74) is 1.48. The summed E-state index contributed by atoms with van der Waals surface area (Å²) in [5.74, 6) is 0.0764. The van der Waals surface area contributed by atoms with Crippen molar-refractivity contribution < 1.29 is 4.79 Å². The normalized spacial score (nSPS) is 10.1. The summed E-state index contributed by atoms with van der Waals surface area (Å²) < 4.78 is 0.929. The molecule has 14 heavy (non-hydrogen) atoms. The average molecular weight is 267 g/mol. The molecule has 0 saturated heterocycles. The van der Waals surface area contributed by atoms with Crippen LogP contribution in [0.2, 0.25) is 0 Å². The van der Waals surface area contributed by atoms with Gasteiger partial charge in [0, 0.05) is 21.0 Å². The minimum Gasteiger partial charge on any atom is -0.289 e. The third kappa shape index (κ3) is 1.94. The molecule has 0 aliphatic carbocycles. The maximum Gasteiger partial charge on any atom is 0.193 e. The van der Waals surface area contributed by atoms with Gasteiger partial charge in [-0.25, -0.2) is 0 Å². The number of hydrogen-bond acceptors (Lipinski definition) is 2. The minimum absolute atomic E-state index is 0.0764. The Balaban J connectivity index is 2.37. The zero-order valence-corrected chi connectivity index (χ0v) is 9.64. The molecule has 3 heteroatoms. The Hall–Kier alpha value is -0.930. The number of benzene rings is 1. The monoisotopic (exact) mass is 266 g/mol. The lowest BCUT2D eigenvalue weighted by Crippen LogP contribution is -1.98. The van der Waals surface area contributed by atoms with Crippen molar-refractivity contribution in [3.63, 3.8) is 0 Å². The van der Waals surface area contributed by atoms with Gasteiger partial charge < -0.3 is 0 Å². The van der Waals surface area contributed by atoms with Gasteiger partial charge >= 0.3 is 0 Å². The molecule has 1 heterocycles. The zero-order valence-electron chi connectivity index (χ0n) is 7.24. The van der Waals surface area contributed by atoms with E-state index in [0.29, 0.717) is 0 Å². The van der Waals surface area contributed by atoms with Crippen molar-refractivity contribution in [2.75, 3.05) is 0 Å². The maximum atomic E-state index is 11.8. The lowest BCUT2D eigenvalue weighted by Gasteiger charge is -1.98. The van der Waals surface area contributed by atoms with Crippen molar-refractivity contribution in [1.29, 1.82) is 0 Å². The van der Waals surface area contributed by atoms with Crippen LogP contribution < -0.4 is 0 Å². The molecule has 1 aromatic heterocycles. The second-order valence-electron chi connectivity index (χ2n) is 2.85. The van der Waals surface area contributed by atoms with Gasteiger partial charge in [0.1, 0.15) is 0 Å². The molecule has 0 amide bonds. The first-order chi connectivity index (χ1) is 6.77. The van der Waals surface area contributed by atoms with Crippen LogP contribution in [0.5, 0.6) is 0 Å². The van der Waals surface area contributed by atoms with Gasteiger partial charge in [-0.1, -0.05) is 28.1 Å². The molecule has 1 nitrogen and oxygen atoms in total. The Morgan fingerprint density at radius 3 is 2.71 bits per heavy atom. The predicted octanol–water partition coefficient (Wildman–Crippen LogP) is 3.74. The lowest BCUT2D eigenvalue weighted by atomic mass is 10.1. The fraction of sp³-hybridized carbons (Fsp3) is 0. The van der Waals surface area contributed by atoms with E-state index >= 15 is 0 Å². The Labute approximate surface area is 94.5 Å². The van der Waals surface area contributed by atoms with E-state index in [1.807, 2.05) is 41.1 Å². The molecule has 0 fully saturated rings. The molecule has 0 saturated carbocycles. The first-order valence-corrected chi connectivity index (χ1v) is 5.83. The molecule has 0 aliphatic heterocycles. The number of ketones is 1. The van der Waals surface area contributed by atoms with Gasteiger partial charge in [-0.2, -0.15) is 11.3 Å². The third-order valence-electron chi connectivity index (χ3n) is 1.87.